The molecule has 0 aliphatic carbocycles. The molecule has 2 atom stereocenters. The maximum absolute atomic E-state index is 12.8. The third-order valence-corrected chi connectivity index (χ3v) is 5.60. The lowest BCUT2D eigenvalue weighted by molar-refractivity contribution is -0.122. The molecule has 27 heavy (non-hydrogen) atoms. The topological polar surface area (TPSA) is 49.4 Å². The van der Waals surface area contributed by atoms with E-state index in [0.717, 1.165) is 28.9 Å². The minimum absolute atomic E-state index is 0.0207. The van der Waals surface area contributed by atoms with Crippen LogP contribution in [0.15, 0.2) is 42.5 Å². The molecule has 0 radical (unpaired) electrons. The van der Waals surface area contributed by atoms with Crippen molar-refractivity contribution >= 4 is 23.2 Å². The van der Waals surface area contributed by atoms with Crippen molar-refractivity contribution in [1.29, 1.82) is 0 Å². The predicted molar refractivity (Wildman–Crippen MR) is 110 cm³/mol. The molecule has 1 aliphatic heterocycles. The predicted octanol–water partition coefficient (Wildman–Crippen LogP) is 4.81. The monoisotopic (exact) mass is 364 g/mol. The van der Waals surface area contributed by atoms with Crippen LogP contribution in [0.25, 0.3) is 0 Å². The summed E-state index contributed by atoms with van der Waals surface area (Å²) < 4.78 is 0. The number of hydrogen-bond donors (Lipinski definition) is 1. The smallest absolute Gasteiger partial charge is 0.229 e. The number of nitrogens with one attached hydrogen (secondary N) is 1. The molecule has 4 heteroatoms. The summed E-state index contributed by atoms with van der Waals surface area (Å²) in [5.41, 5.74) is 5.04. The average Bonchev–Trinajstić information content (AvgIpc) is 3.05. The van der Waals surface area contributed by atoms with Gasteiger partial charge in [0, 0.05) is 24.3 Å². The van der Waals surface area contributed by atoms with Gasteiger partial charge in [-0.2, -0.15) is 0 Å². The van der Waals surface area contributed by atoms with Gasteiger partial charge in [-0.05, 0) is 48.9 Å². The van der Waals surface area contributed by atoms with E-state index in [9.17, 15) is 9.59 Å². The van der Waals surface area contributed by atoms with Crippen molar-refractivity contribution in [3.63, 3.8) is 0 Å². The zero-order chi connectivity index (χ0) is 19.6. The van der Waals surface area contributed by atoms with Crippen molar-refractivity contribution in [1.82, 2.24) is 0 Å². The SMILES string of the molecule is CC[C@@H](C)c1ccccc1N1C[C@H](C(=O)Nc2c(C)cccc2C)CC1=O. The van der Waals surface area contributed by atoms with Gasteiger partial charge in [-0.25, -0.2) is 0 Å². The Morgan fingerprint density at radius 1 is 1.15 bits per heavy atom. The van der Waals surface area contributed by atoms with Crippen molar-refractivity contribution in [3.05, 3.63) is 59.2 Å². The van der Waals surface area contributed by atoms with Crippen LogP contribution >= 0.6 is 0 Å². The Kier molecular flexibility index (Phi) is 5.64. The molecule has 1 heterocycles. The summed E-state index contributed by atoms with van der Waals surface area (Å²) in [4.78, 5) is 27.3. The minimum atomic E-state index is -0.332. The summed E-state index contributed by atoms with van der Waals surface area (Å²) in [6.45, 7) is 8.72. The maximum atomic E-state index is 12.8. The molecule has 2 aromatic rings. The molecule has 0 spiro atoms. The fourth-order valence-electron chi connectivity index (χ4n) is 3.72. The van der Waals surface area contributed by atoms with E-state index < -0.39 is 0 Å². The van der Waals surface area contributed by atoms with Crippen LogP contribution in [0.2, 0.25) is 0 Å². The van der Waals surface area contributed by atoms with Crippen molar-refractivity contribution in [2.45, 2.75) is 46.5 Å². The lowest BCUT2D eigenvalue weighted by Gasteiger charge is -2.23. The highest BCUT2D eigenvalue weighted by molar-refractivity contribution is 6.04. The highest BCUT2D eigenvalue weighted by Gasteiger charge is 2.36. The minimum Gasteiger partial charge on any atom is -0.325 e. The maximum Gasteiger partial charge on any atom is 0.229 e. The van der Waals surface area contributed by atoms with Gasteiger partial charge in [0.15, 0.2) is 0 Å². The molecule has 0 unspecified atom stereocenters. The molecule has 0 saturated carbocycles. The number of aryl methyl sites for hydroxylation is 2. The molecule has 1 saturated heterocycles. The normalized spacial score (nSPS) is 17.9. The molecule has 1 aliphatic rings. The van der Waals surface area contributed by atoms with Crippen LogP contribution in [0, 0.1) is 19.8 Å². The van der Waals surface area contributed by atoms with Gasteiger partial charge in [0.1, 0.15) is 0 Å². The van der Waals surface area contributed by atoms with E-state index in [0.29, 0.717) is 12.5 Å². The van der Waals surface area contributed by atoms with Gasteiger partial charge < -0.3 is 10.2 Å². The lowest BCUT2D eigenvalue weighted by atomic mass is 9.96. The molecule has 3 rings (SSSR count). The highest BCUT2D eigenvalue weighted by atomic mass is 16.2. The van der Waals surface area contributed by atoms with E-state index in [1.807, 2.05) is 50.2 Å². The van der Waals surface area contributed by atoms with Gasteiger partial charge in [-0.3, -0.25) is 9.59 Å². The number of benzene rings is 2. The van der Waals surface area contributed by atoms with Crippen LogP contribution in [-0.2, 0) is 9.59 Å². The highest BCUT2D eigenvalue weighted by Crippen LogP contribution is 2.34. The fraction of sp³-hybridized carbons (Fsp3) is 0.391. The van der Waals surface area contributed by atoms with Gasteiger partial charge in [0.25, 0.3) is 0 Å². The van der Waals surface area contributed by atoms with Crippen molar-refractivity contribution < 1.29 is 9.59 Å². The fourth-order valence-corrected chi connectivity index (χ4v) is 3.72. The summed E-state index contributed by atoms with van der Waals surface area (Å²) in [5, 5.41) is 3.04. The van der Waals surface area contributed by atoms with Crippen LogP contribution in [0.4, 0.5) is 11.4 Å². The summed E-state index contributed by atoms with van der Waals surface area (Å²) >= 11 is 0. The number of amides is 2. The second-order valence-corrected chi connectivity index (χ2v) is 7.53. The van der Waals surface area contributed by atoms with Crippen LogP contribution in [0.3, 0.4) is 0 Å². The van der Waals surface area contributed by atoms with E-state index in [2.05, 4.69) is 25.2 Å². The van der Waals surface area contributed by atoms with Crippen molar-refractivity contribution in [2.24, 2.45) is 5.92 Å². The van der Waals surface area contributed by atoms with E-state index in [4.69, 9.17) is 0 Å². The number of anilines is 2. The second-order valence-electron chi connectivity index (χ2n) is 7.53. The van der Waals surface area contributed by atoms with Gasteiger partial charge in [0.05, 0.1) is 5.92 Å². The second kappa shape index (κ2) is 7.95. The number of nitrogens with zero attached hydrogens (tertiary/aromatic N) is 1. The Morgan fingerprint density at radius 3 is 2.48 bits per heavy atom. The Morgan fingerprint density at radius 2 is 1.81 bits per heavy atom. The molecule has 142 valence electrons. The van der Waals surface area contributed by atoms with Gasteiger partial charge in [-0.1, -0.05) is 50.2 Å². The van der Waals surface area contributed by atoms with E-state index in [1.165, 1.54) is 5.56 Å². The average molecular weight is 364 g/mol. The zero-order valence-electron chi connectivity index (χ0n) is 16.6. The number of rotatable bonds is 5. The molecule has 4 nitrogen and oxygen atoms in total. The van der Waals surface area contributed by atoms with Crippen LogP contribution in [-0.4, -0.2) is 18.4 Å². The van der Waals surface area contributed by atoms with E-state index in [1.54, 1.807) is 4.90 Å². The molecular weight excluding hydrogens is 336 g/mol. The van der Waals surface area contributed by atoms with E-state index >= 15 is 0 Å². The summed E-state index contributed by atoms with van der Waals surface area (Å²) in [7, 11) is 0. The first-order valence-electron chi connectivity index (χ1n) is 9.68. The van der Waals surface area contributed by atoms with E-state index in [-0.39, 0.29) is 24.2 Å². The first-order valence-corrected chi connectivity index (χ1v) is 9.68. The first-order chi connectivity index (χ1) is 12.9. The summed E-state index contributed by atoms with van der Waals surface area (Å²) in [6, 6.07) is 14.0. The largest absolute Gasteiger partial charge is 0.325 e. The zero-order valence-corrected chi connectivity index (χ0v) is 16.6. The van der Waals surface area contributed by atoms with Crippen LogP contribution in [0.1, 0.15) is 49.3 Å². The van der Waals surface area contributed by atoms with Crippen molar-refractivity contribution in [3.8, 4) is 0 Å². The van der Waals surface area contributed by atoms with Gasteiger partial charge in [-0.15, -0.1) is 0 Å². The summed E-state index contributed by atoms with van der Waals surface area (Å²) in [5.74, 6) is -0.0188. The first kappa shape index (κ1) is 19.2. The van der Waals surface area contributed by atoms with Gasteiger partial charge in [0.2, 0.25) is 11.8 Å². The van der Waals surface area contributed by atoms with Crippen molar-refractivity contribution in [2.75, 3.05) is 16.8 Å². The Hall–Kier alpha value is -2.62. The van der Waals surface area contributed by atoms with Gasteiger partial charge >= 0.3 is 0 Å². The third kappa shape index (κ3) is 3.90. The quantitative estimate of drug-likeness (QED) is 0.828. The molecule has 1 fully saturated rings. The lowest BCUT2D eigenvalue weighted by Crippen LogP contribution is -2.29. The third-order valence-electron chi connectivity index (χ3n) is 5.60. The summed E-state index contributed by atoms with van der Waals surface area (Å²) in [6.07, 6.45) is 1.27. The molecule has 1 N–H and O–H groups in total. The number of carbonyl (C=O) groups is 2. The molecule has 2 aromatic carbocycles. The number of carbonyl (C=O) groups excluding carboxylic acids is 2. The molecular formula is C23H28N2O2. The molecule has 0 aromatic heterocycles. The standard InChI is InChI=1S/C23H28N2O2/c1-5-15(2)19-11-6-7-12-20(19)25-14-18(13-21(25)26)23(27)24-22-16(3)9-8-10-17(22)4/h6-12,15,18H,5,13-14H2,1-4H3,(H,24,27)/t15-,18-/m1/s1. The Bertz CT molecular complexity index is 839. The van der Waals surface area contributed by atoms with Crippen LogP contribution in [0.5, 0.6) is 0 Å². The Labute approximate surface area is 161 Å². The number of para-hydroxylation sites is 2. The number of hydrogen-bond acceptors (Lipinski definition) is 2. The molecule has 0 bridgehead atoms. The van der Waals surface area contributed by atoms with Crippen LogP contribution < -0.4 is 10.2 Å². The Balaban J connectivity index is 1.79. The molecule has 2 amide bonds.